The number of carbonyl (C=O) groups excluding carboxylic acids is 1. The lowest BCUT2D eigenvalue weighted by Gasteiger charge is -2.36. The molecule has 1 fully saturated rings. The Kier molecular flexibility index (Phi) is 7.05. The van der Waals surface area contributed by atoms with Crippen LogP contribution < -0.4 is 14.8 Å². The van der Waals surface area contributed by atoms with Crippen molar-refractivity contribution in [2.24, 2.45) is 0 Å². The van der Waals surface area contributed by atoms with Gasteiger partial charge in [-0.05, 0) is 36.8 Å². The minimum atomic E-state index is -0.306. The summed E-state index contributed by atoms with van der Waals surface area (Å²) in [4.78, 5) is 15.0. The van der Waals surface area contributed by atoms with Crippen LogP contribution in [-0.4, -0.2) is 44.7 Å². The van der Waals surface area contributed by atoms with E-state index < -0.39 is 0 Å². The number of carbonyl (C=O) groups is 1. The number of methoxy groups -OCH3 is 2. The molecule has 5 nitrogen and oxygen atoms in total. The number of ether oxygens (including phenoxy) is 2. The normalized spacial score (nSPS) is 16.4. The summed E-state index contributed by atoms with van der Waals surface area (Å²) in [7, 11) is 3.13. The molecule has 146 valence electrons. The van der Waals surface area contributed by atoms with Crippen LogP contribution in [0.3, 0.4) is 0 Å². The summed E-state index contributed by atoms with van der Waals surface area (Å²) in [6, 6.07) is 9.62. The third-order valence-corrected chi connectivity index (χ3v) is 4.74. The smallest absolute Gasteiger partial charge is 0.254 e. The SMILES string of the molecule is COc1cc(C(=O)N2CCNCC2c2cccc(F)c2)cc(OC)c1C.Cl. The molecule has 0 bridgehead atoms. The van der Waals surface area contributed by atoms with E-state index >= 15 is 0 Å². The molecule has 1 saturated heterocycles. The zero-order valence-electron chi connectivity index (χ0n) is 15.6. The maximum absolute atomic E-state index is 13.7. The summed E-state index contributed by atoms with van der Waals surface area (Å²) < 4.78 is 24.4. The Morgan fingerprint density at radius 3 is 2.44 bits per heavy atom. The minimum absolute atomic E-state index is 0. The molecule has 3 rings (SSSR count). The summed E-state index contributed by atoms with van der Waals surface area (Å²) in [6.45, 7) is 3.69. The van der Waals surface area contributed by atoms with Crippen molar-refractivity contribution in [2.75, 3.05) is 33.9 Å². The lowest BCUT2D eigenvalue weighted by atomic mass is 10.0. The number of nitrogens with zero attached hydrogens (tertiary/aromatic N) is 1. The number of halogens is 2. The van der Waals surface area contributed by atoms with Gasteiger partial charge in [0.05, 0.1) is 20.3 Å². The van der Waals surface area contributed by atoms with Gasteiger partial charge < -0.3 is 19.7 Å². The van der Waals surface area contributed by atoms with Crippen LogP contribution >= 0.6 is 12.4 Å². The first-order valence-electron chi connectivity index (χ1n) is 8.55. The number of piperazine rings is 1. The van der Waals surface area contributed by atoms with Crippen molar-refractivity contribution in [1.29, 1.82) is 0 Å². The van der Waals surface area contributed by atoms with E-state index in [9.17, 15) is 9.18 Å². The lowest BCUT2D eigenvalue weighted by Crippen LogP contribution is -2.48. The number of rotatable bonds is 4. The molecule has 1 aliphatic heterocycles. The Hall–Kier alpha value is -2.31. The molecular formula is C20H24ClFN2O3. The fourth-order valence-electron chi connectivity index (χ4n) is 3.33. The van der Waals surface area contributed by atoms with E-state index in [4.69, 9.17) is 9.47 Å². The third kappa shape index (κ3) is 4.34. The summed E-state index contributed by atoms with van der Waals surface area (Å²) >= 11 is 0. The quantitative estimate of drug-likeness (QED) is 0.863. The van der Waals surface area contributed by atoms with E-state index in [1.807, 2.05) is 13.0 Å². The number of hydrogen-bond donors (Lipinski definition) is 1. The van der Waals surface area contributed by atoms with Crippen molar-refractivity contribution in [3.8, 4) is 11.5 Å². The minimum Gasteiger partial charge on any atom is -0.496 e. The fourth-order valence-corrected chi connectivity index (χ4v) is 3.33. The highest BCUT2D eigenvalue weighted by Crippen LogP contribution is 2.32. The second-order valence-electron chi connectivity index (χ2n) is 6.28. The molecule has 0 aliphatic carbocycles. The van der Waals surface area contributed by atoms with Crippen LogP contribution in [0.15, 0.2) is 36.4 Å². The Morgan fingerprint density at radius 2 is 1.85 bits per heavy atom. The van der Waals surface area contributed by atoms with Gasteiger partial charge in [0.2, 0.25) is 0 Å². The third-order valence-electron chi connectivity index (χ3n) is 4.74. The van der Waals surface area contributed by atoms with Gasteiger partial charge in [0.15, 0.2) is 0 Å². The molecule has 0 radical (unpaired) electrons. The molecule has 1 amide bonds. The van der Waals surface area contributed by atoms with E-state index in [0.717, 1.165) is 11.1 Å². The highest BCUT2D eigenvalue weighted by molar-refractivity contribution is 5.95. The Balaban J connectivity index is 0.00000261. The number of amides is 1. The molecule has 1 unspecified atom stereocenters. The van der Waals surface area contributed by atoms with Gasteiger partial charge in [0.1, 0.15) is 17.3 Å². The Labute approximate surface area is 164 Å². The average Bonchev–Trinajstić information content (AvgIpc) is 2.67. The molecule has 2 aromatic rings. The molecule has 0 spiro atoms. The number of benzene rings is 2. The first kappa shape index (κ1) is 21.0. The Morgan fingerprint density at radius 1 is 1.19 bits per heavy atom. The molecule has 1 N–H and O–H groups in total. The van der Waals surface area contributed by atoms with Crippen LogP contribution in [0.2, 0.25) is 0 Å². The highest BCUT2D eigenvalue weighted by atomic mass is 35.5. The van der Waals surface area contributed by atoms with Crippen molar-refractivity contribution < 1.29 is 18.7 Å². The van der Waals surface area contributed by atoms with Gasteiger partial charge in [0.25, 0.3) is 5.91 Å². The van der Waals surface area contributed by atoms with Gasteiger partial charge in [-0.3, -0.25) is 4.79 Å². The topological polar surface area (TPSA) is 50.8 Å². The molecule has 1 atom stereocenters. The first-order valence-corrected chi connectivity index (χ1v) is 8.55. The summed E-state index contributed by atoms with van der Waals surface area (Å²) in [6.07, 6.45) is 0. The molecule has 1 heterocycles. The molecule has 2 aromatic carbocycles. The van der Waals surface area contributed by atoms with Gasteiger partial charge in [-0.1, -0.05) is 12.1 Å². The summed E-state index contributed by atoms with van der Waals surface area (Å²) in [5.74, 6) is 0.770. The average molecular weight is 395 g/mol. The molecule has 27 heavy (non-hydrogen) atoms. The highest BCUT2D eigenvalue weighted by Gasteiger charge is 2.29. The van der Waals surface area contributed by atoms with Crippen LogP contribution in [0.1, 0.15) is 27.5 Å². The van der Waals surface area contributed by atoms with E-state index in [2.05, 4.69) is 5.32 Å². The van der Waals surface area contributed by atoms with Crippen molar-refractivity contribution in [1.82, 2.24) is 10.2 Å². The van der Waals surface area contributed by atoms with Gasteiger partial charge in [-0.15, -0.1) is 12.4 Å². The molecule has 1 aliphatic rings. The van der Waals surface area contributed by atoms with Crippen LogP contribution in [0.4, 0.5) is 4.39 Å². The van der Waals surface area contributed by atoms with Gasteiger partial charge in [-0.25, -0.2) is 4.39 Å². The number of nitrogens with one attached hydrogen (secondary N) is 1. The number of hydrogen-bond acceptors (Lipinski definition) is 4. The van der Waals surface area contributed by atoms with Crippen LogP contribution in [-0.2, 0) is 0 Å². The van der Waals surface area contributed by atoms with Crippen LogP contribution in [0.25, 0.3) is 0 Å². The van der Waals surface area contributed by atoms with Crippen molar-refractivity contribution in [2.45, 2.75) is 13.0 Å². The summed E-state index contributed by atoms with van der Waals surface area (Å²) in [5, 5.41) is 3.28. The van der Waals surface area contributed by atoms with Gasteiger partial charge in [-0.2, -0.15) is 0 Å². The second kappa shape index (κ2) is 9.06. The zero-order valence-corrected chi connectivity index (χ0v) is 16.4. The lowest BCUT2D eigenvalue weighted by molar-refractivity contribution is 0.0633. The van der Waals surface area contributed by atoms with Gasteiger partial charge >= 0.3 is 0 Å². The Bertz CT molecular complexity index is 791. The maximum atomic E-state index is 13.7. The van der Waals surface area contributed by atoms with E-state index in [0.29, 0.717) is 36.7 Å². The van der Waals surface area contributed by atoms with E-state index in [-0.39, 0.29) is 30.2 Å². The fraction of sp³-hybridized carbons (Fsp3) is 0.350. The first-order chi connectivity index (χ1) is 12.5. The van der Waals surface area contributed by atoms with E-state index in [1.165, 1.54) is 12.1 Å². The monoisotopic (exact) mass is 394 g/mol. The van der Waals surface area contributed by atoms with Crippen molar-refractivity contribution in [3.05, 3.63) is 58.9 Å². The van der Waals surface area contributed by atoms with E-state index in [1.54, 1.807) is 37.3 Å². The maximum Gasteiger partial charge on any atom is 0.254 e. The van der Waals surface area contributed by atoms with Crippen LogP contribution in [0.5, 0.6) is 11.5 Å². The predicted octanol–water partition coefficient (Wildman–Crippen LogP) is 3.36. The predicted molar refractivity (Wildman–Crippen MR) is 105 cm³/mol. The molecular weight excluding hydrogens is 371 g/mol. The molecule has 0 saturated carbocycles. The van der Waals surface area contributed by atoms with Crippen molar-refractivity contribution >= 4 is 18.3 Å². The molecule has 0 aromatic heterocycles. The van der Waals surface area contributed by atoms with Crippen LogP contribution in [0, 0.1) is 12.7 Å². The van der Waals surface area contributed by atoms with Crippen molar-refractivity contribution in [3.63, 3.8) is 0 Å². The standard InChI is InChI=1S/C20H23FN2O3.ClH/c1-13-18(25-2)10-15(11-19(13)26-3)20(24)23-8-7-22-12-17(23)14-5-4-6-16(21)9-14;/h4-6,9-11,17,22H,7-8,12H2,1-3H3;1H. The second-order valence-corrected chi connectivity index (χ2v) is 6.28. The largest absolute Gasteiger partial charge is 0.496 e. The van der Waals surface area contributed by atoms with Gasteiger partial charge in [0, 0.05) is 30.8 Å². The summed E-state index contributed by atoms with van der Waals surface area (Å²) in [5.41, 5.74) is 2.11. The zero-order chi connectivity index (χ0) is 18.7. The molecule has 7 heteroatoms.